The van der Waals surface area contributed by atoms with Crippen molar-refractivity contribution in [3.8, 4) is 11.5 Å². The Bertz CT molecular complexity index is 736. The number of amides is 2. The second-order valence-electron chi connectivity index (χ2n) is 4.77. The molecule has 3 N–H and O–H groups in total. The van der Waals surface area contributed by atoms with Gasteiger partial charge in [0.05, 0.1) is 7.11 Å². The van der Waals surface area contributed by atoms with Crippen LogP contribution in [0.4, 0.5) is 0 Å². The number of carboxylic acid groups (broad SMARTS) is 1. The predicted molar refractivity (Wildman–Crippen MR) is 87.6 cm³/mol. The monoisotopic (exact) mass is 350 g/mol. The first-order valence-electron chi connectivity index (χ1n) is 6.78. The molecule has 0 spiro atoms. The number of aliphatic carboxylic acids is 1. The summed E-state index contributed by atoms with van der Waals surface area (Å²) in [5, 5.41) is 13.6. The molecule has 8 nitrogen and oxygen atoms in total. The Hall–Kier alpha value is -2.94. The van der Waals surface area contributed by atoms with Gasteiger partial charge in [0.15, 0.2) is 22.7 Å². The van der Waals surface area contributed by atoms with Crippen molar-refractivity contribution in [1.29, 1.82) is 0 Å². The van der Waals surface area contributed by atoms with E-state index < -0.39 is 23.9 Å². The maximum absolute atomic E-state index is 11.9. The number of methoxy groups -OCH3 is 1. The van der Waals surface area contributed by atoms with Gasteiger partial charge in [0, 0.05) is 5.56 Å². The highest BCUT2D eigenvalue weighted by atomic mass is 32.1. The van der Waals surface area contributed by atoms with E-state index >= 15 is 0 Å². The molecule has 1 atom stereocenters. The van der Waals surface area contributed by atoms with Crippen LogP contribution in [0.2, 0.25) is 0 Å². The van der Waals surface area contributed by atoms with Crippen LogP contribution >= 0.6 is 12.2 Å². The van der Waals surface area contributed by atoms with E-state index in [1.54, 1.807) is 18.2 Å². The van der Waals surface area contributed by atoms with Crippen molar-refractivity contribution >= 4 is 41.2 Å². The Balaban J connectivity index is 2.48. The molecular formula is C15H14N2O6S. The third kappa shape index (κ3) is 3.69. The lowest BCUT2D eigenvalue weighted by Crippen LogP contribution is -2.51. The van der Waals surface area contributed by atoms with E-state index in [2.05, 4.69) is 10.6 Å². The molecule has 1 aliphatic heterocycles. The Labute approximate surface area is 142 Å². The quantitative estimate of drug-likeness (QED) is 0.402. The van der Waals surface area contributed by atoms with Gasteiger partial charge in [0.1, 0.15) is 5.57 Å². The molecule has 0 aliphatic carbocycles. The highest BCUT2D eigenvalue weighted by molar-refractivity contribution is 7.80. The smallest absolute Gasteiger partial charge is 0.344 e. The first kappa shape index (κ1) is 17.4. The fourth-order valence-corrected chi connectivity index (χ4v) is 2.11. The highest BCUT2D eigenvalue weighted by Gasteiger charge is 2.27. The van der Waals surface area contributed by atoms with Gasteiger partial charge < -0.3 is 14.6 Å². The zero-order valence-electron chi connectivity index (χ0n) is 12.8. The molecule has 24 heavy (non-hydrogen) atoms. The average Bonchev–Trinajstić information content (AvgIpc) is 2.51. The van der Waals surface area contributed by atoms with Crippen LogP contribution in [0.3, 0.4) is 0 Å². The first-order chi connectivity index (χ1) is 11.3. The van der Waals surface area contributed by atoms with E-state index in [0.717, 1.165) is 0 Å². The molecule has 1 fully saturated rings. The lowest BCUT2D eigenvalue weighted by atomic mass is 10.1. The largest absolute Gasteiger partial charge is 0.493 e. The SMILES string of the molecule is COc1cccc(C=C2C(=O)NC(=S)NC2=O)c1O[C@@H](C)C(=O)O. The summed E-state index contributed by atoms with van der Waals surface area (Å²) in [6.45, 7) is 1.35. The summed E-state index contributed by atoms with van der Waals surface area (Å²) in [7, 11) is 1.39. The number of carbonyl (C=O) groups excluding carboxylic acids is 2. The third-order valence-corrected chi connectivity index (χ3v) is 3.32. The molecule has 126 valence electrons. The molecule has 0 saturated carbocycles. The summed E-state index contributed by atoms with van der Waals surface area (Å²) in [6, 6.07) is 4.75. The number of carbonyl (C=O) groups is 3. The van der Waals surface area contributed by atoms with Crippen LogP contribution in [-0.2, 0) is 14.4 Å². The van der Waals surface area contributed by atoms with E-state index in [-0.39, 0.29) is 22.2 Å². The summed E-state index contributed by atoms with van der Waals surface area (Å²) < 4.78 is 10.6. The van der Waals surface area contributed by atoms with Crippen molar-refractivity contribution in [3.63, 3.8) is 0 Å². The van der Waals surface area contributed by atoms with Gasteiger partial charge in [-0.2, -0.15) is 0 Å². The Morgan fingerprint density at radius 3 is 2.46 bits per heavy atom. The standard InChI is InChI=1S/C15H14N2O6S/c1-7(14(20)21)23-11-8(4-3-5-10(11)22-2)6-9-12(18)16-15(24)17-13(9)19/h3-7H,1-2H3,(H,20,21)(H2,16,17,18,19,24)/t7-/m0/s1. The van der Waals surface area contributed by atoms with Gasteiger partial charge in [-0.3, -0.25) is 20.2 Å². The van der Waals surface area contributed by atoms with Crippen LogP contribution in [0.5, 0.6) is 11.5 Å². The second kappa shape index (κ2) is 7.09. The molecule has 0 aromatic heterocycles. The summed E-state index contributed by atoms with van der Waals surface area (Å²) in [5.41, 5.74) is 0.125. The van der Waals surface area contributed by atoms with Crippen LogP contribution in [0.25, 0.3) is 6.08 Å². The average molecular weight is 350 g/mol. The zero-order valence-corrected chi connectivity index (χ0v) is 13.6. The zero-order chi connectivity index (χ0) is 17.9. The van der Waals surface area contributed by atoms with E-state index in [9.17, 15) is 14.4 Å². The number of thiocarbonyl (C=S) groups is 1. The topological polar surface area (TPSA) is 114 Å². The fraction of sp³-hybridized carbons (Fsp3) is 0.200. The molecule has 2 amide bonds. The molecule has 9 heteroatoms. The van der Waals surface area contributed by atoms with Gasteiger partial charge in [-0.1, -0.05) is 12.1 Å². The number of benzene rings is 1. The molecule has 1 aliphatic rings. The van der Waals surface area contributed by atoms with E-state index in [0.29, 0.717) is 5.56 Å². The maximum atomic E-state index is 11.9. The number of para-hydroxylation sites is 1. The van der Waals surface area contributed by atoms with Crippen molar-refractivity contribution in [2.45, 2.75) is 13.0 Å². The maximum Gasteiger partial charge on any atom is 0.344 e. The third-order valence-electron chi connectivity index (χ3n) is 3.11. The van der Waals surface area contributed by atoms with Gasteiger partial charge in [-0.15, -0.1) is 0 Å². The minimum Gasteiger partial charge on any atom is -0.493 e. The van der Waals surface area contributed by atoms with Crippen LogP contribution < -0.4 is 20.1 Å². The van der Waals surface area contributed by atoms with Crippen molar-refractivity contribution in [3.05, 3.63) is 29.3 Å². The van der Waals surface area contributed by atoms with Crippen LogP contribution in [0.15, 0.2) is 23.8 Å². The van der Waals surface area contributed by atoms with Crippen LogP contribution in [-0.4, -0.2) is 41.2 Å². The summed E-state index contributed by atoms with van der Waals surface area (Å²) in [6.07, 6.45) is 0.124. The highest BCUT2D eigenvalue weighted by Crippen LogP contribution is 2.33. The summed E-state index contributed by atoms with van der Waals surface area (Å²) >= 11 is 4.73. The normalized spacial score (nSPS) is 15.2. The van der Waals surface area contributed by atoms with Crippen molar-refractivity contribution in [2.24, 2.45) is 0 Å². The minimum absolute atomic E-state index is 0.0798. The molecule has 0 unspecified atom stereocenters. The van der Waals surface area contributed by atoms with Crippen LogP contribution in [0.1, 0.15) is 12.5 Å². The number of ether oxygens (including phenoxy) is 2. The molecule has 0 radical (unpaired) electrons. The summed E-state index contributed by atoms with van der Waals surface area (Å²) in [4.78, 5) is 34.9. The number of nitrogens with one attached hydrogen (secondary N) is 2. The molecule has 0 bridgehead atoms. The van der Waals surface area contributed by atoms with E-state index in [1.807, 2.05) is 0 Å². The van der Waals surface area contributed by atoms with Gasteiger partial charge in [-0.05, 0) is 31.3 Å². The van der Waals surface area contributed by atoms with E-state index in [4.69, 9.17) is 26.8 Å². The van der Waals surface area contributed by atoms with Gasteiger partial charge in [0.2, 0.25) is 0 Å². The lowest BCUT2D eigenvalue weighted by Gasteiger charge is -2.18. The van der Waals surface area contributed by atoms with Crippen molar-refractivity contribution in [1.82, 2.24) is 10.6 Å². The lowest BCUT2D eigenvalue weighted by molar-refractivity contribution is -0.144. The van der Waals surface area contributed by atoms with Gasteiger partial charge >= 0.3 is 5.97 Å². The molecule has 1 saturated heterocycles. The van der Waals surface area contributed by atoms with Crippen LogP contribution in [0, 0.1) is 0 Å². The number of rotatable bonds is 5. The van der Waals surface area contributed by atoms with Gasteiger partial charge in [0.25, 0.3) is 11.8 Å². The Morgan fingerprint density at radius 2 is 1.92 bits per heavy atom. The molecular weight excluding hydrogens is 336 g/mol. The van der Waals surface area contributed by atoms with E-state index in [1.165, 1.54) is 20.1 Å². The first-order valence-corrected chi connectivity index (χ1v) is 7.19. The number of carboxylic acids is 1. The van der Waals surface area contributed by atoms with Crippen molar-refractivity contribution in [2.75, 3.05) is 7.11 Å². The second-order valence-corrected chi connectivity index (χ2v) is 5.18. The molecule has 1 heterocycles. The predicted octanol–water partition coefficient (Wildman–Crippen LogP) is 0.461. The number of hydrogen-bond donors (Lipinski definition) is 3. The number of hydrogen-bond acceptors (Lipinski definition) is 6. The Kier molecular flexibility index (Phi) is 5.14. The molecule has 1 aromatic carbocycles. The van der Waals surface area contributed by atoms with Gasteiger partial charge in [-0.25, -0.2) is 4.79 Å². The molecule has 1 aromatic rings. The fourth-order valence-electron chi connectivity index (χ4n) is 1.92. The molecule has 2 rings (SSSR count). The Morgan fingerprint density at radius 1 is 1.29 bits per heavy atom. The minimum atomic E-state index is -1.17. The summed E-state index contributed by atoms with van der Waals surface area (Å²) in [5.74, 6) is -2.12. The van der Waals surface area contributed by atoms with Crippen molar-refractivity contribution < 1.29 is 29.0 Å².